The minimum atomic E-state index is -0.201. The molecule has 1 heterocycles. The average Bonchev–Trinajstić information content (AvgIpc) is 2.87. The lowest BCUT2D eigenvalue weighted by Gasteiger charge is -2.14. The van der Waals surface area contributed by atoms with Crippen LogP contribution in [0.3, 0.4) is 0 Å². The van der Waals surface area contributed by atoms with E-state index in [1.807, 2.05) is 30.3 Å². The lowest BCUT2D eigenvalue weighted by Crippen LogP contribution is -2.13. The van der Waals surface area contributed by atoms with Crippen LogP contribution < -0.4 is 4.74 Å². The molecule has 0 aromatic heterocycles. The second kappa shape index (κ2) is 5.84. The van der Waals surface area contributed by atoms with E-state index in [-0.39, 0.29) is 17.3 Å². The third-order valence-corrected chi connectivity index (χ3v) is 4.14. The van der Waals surface area contributed by atoms with Gasteiger partial charge in [-0.1, -0.05) is 30.3 Å². The van der Waals surface area contributed by atoms with E-state index in [1.165, 1.54) is 6.07 Å². The van der Waals surface area contributed by atoms with E-state index in [1.54, 1.807) is 12.1 Å². The number of halogens is 2. The summed E-state index contributed by atoms with van der Waals surface area (Å²) in [7, 11) is 0. The molecule has 3 rings (SSSR count). The normalized spacial score (nSPS) is 18.4. The van der Waals surface area contributed by atoms with Crippen LogP contribution >= 0.6 is 11.6 Å². The summed E-state index contributed by atoms with van der Waals surface area (Å²) in [5.41, 5.74) is 2.09. The average molecular weight is 291 g/mol. The van der Waals surface area contributed by atoms with Gasteiger partial charge >= 0.3 is 0 Å². The van der Waals surface area contributed by atoms with E-state index in [9.17, 15) is 4.39 Å². The third-order valence-electron chi connectivity index (χ3n) is 3.67. The highest BCUT2D eigenvalue weighted by Crippen LogP contribution is 2.33. The highest BCUT2D eigenvalue weighted by Gasteiger charge is 2.24. The first-order valence-electron chi connectivity index (χ1n) is 6.86. The number of rotatable bonds is 4. The number of hydrogen-bond donors (Lipinski definition) is 0. The first-order chi connectivity index (χ1) is 9.72. The Hall–Kier alpha value is -1.54. The van der Waals surface area contributed by atoms with Crippen LogP contribution in [0.25, 0.3) is 0 Å². The molecule has 104 valence electrons. The zero-order valence-corrected chi connectivity index (χ0v) is 11.8. The summed E-state index contributed by atoms with van der Waals surface area (Å²) >= 11 is 6.41. The van der Waals surface area contributed by atoms with Gasteiger partial charge in [0.05, 0.1) is 5.38 Å². The van der Waals surface area contributed by atoms with Crippen LogP contribution in [0.4, 0.5) is 4.39 Å². The van der Waals surface area contributed by atoms with Gasteiger partial charge in [-0.2, -0.15) is 0 Å². The minimum Gasteiger partial charge on any atom is -0.490 e. The Bertz CT molecular complexity index is 585. The highest BCUT2D eigenvalue weighted by molar-refractivity contribution is 6.20. The second-order valence-corrected chi connectivity index (χ2v) is 5.68. The van der Waals surface area contributed by atoms with Gasteiger partial charge in [0, 0.05) is 12.0 Å². The van der Waals surface area contributed by atoms with Gasteiger partial charge in [0.1, 0.15) is 17.7 Å². The van der Waals surface area contributed by atoms with Gasteiger partial charge in [0.25, 0.3) is 0 Å². The van der Waals surface area contributed by atoms with E-state index in [0.717, 1.165) is 36.1 Å². The Morgan fingerprint density at radius 3 is 2.80 bits per heavy atom. The molecule has 0 fully saturated rings. The zero-order valence-electron chi connectivity index (χ0n) is 11.1. The SMILES string of the molecule is Fc1ccc2c(c1)CC(CCC(Cl)c1ccccc1)O2. The summed E-state index contributed by atoms with van der Waals surface area (Å²) in [5.74, 6) is 0.606. The minimum absolute atomic E-state index is 0.000230. The Kier molecular flexibility index (Phi) is 3.93. The molecule has 2 unspecified atom stereocenters. The zero-order chi connectivity index (χ0) is 13.9. The molecule has 0 aliphatic carbocycles. The third kappa shape index (κ3) is 2.96. The Labute approximate surface area is 123 Å². The summed E-state index contributed by atoms with van der Waals surface area (Å²) in [6.07, 6.45) is 2.61. The molecular weight excluding hydrogens is 275 g/mol. The maximum atomic E-state index is 13.1. The van der Waals surface area contributed by atoms with Crippen LogP contribution in [0.5, 0.6) is 5.75 Å². The van der Waals surface area contributed by atoms with Gasteiger partial charge in [-0.05, 0) is 36.6 Å². The number of fused-ring (bicyclic) bond motifs is 1. The Balaban J connectivity index is 1.56. The number of benzene rings is 2. The molecule has 0 saturated heterocycles. The van der Waals surface area contributed by atoms with Gasteiger partial charge in [-0.15, -0.1) is 11.6 Å². The van der Waals surface area contributed by atoms with Gasteiger partial charge in [0.15, 0.2) is 0 Å². The smallest absolute Gasteiger partial charge is 0.123 e. The van der Waals surface area contributed by atoms with Gasteiger partial charge in [-0.3, -0.25) is 0 Å². The molecule has 1 aliphatic heterocycles. The summed E-state index contributed by atoms with van der Waals surface area (Å²) in [4.78, 5) is 0. The Morgan fingerprint density at radius 2 is 2.00 bits per heavy atom. The van der Waals surface area contributed by atoms with Crippen LogP contribution in [-0.4, -0.2) is 6.10 Å². The summed E-state index contributed by atoms with van der Waals surface area (Å²) in [6.45, 7) is 0. The molecule has 0 N–H and O–H groups in total. The first-order valence-corrected chi connectivity index (χ1v) is 7.30. The fourth-order valence-electron chi connectivity index (χ4n) is 2.61. The maximum absolute atomic E-state index is 13.1. The number of hydrogen-bond acceptors (Lipinski definition) is 1. The summed E-state index contributed by atoms with van der Waals surface area (Å²) in [6, 6.07) is 14.8. The molecule has 20 heavy (non-hydrogen) atoms. The van der Waals surface area contributed by atoms with Crippen molar-refractivity contribution in [3.05, 3.63) is 65.5 Å². The van der Waals surface area contributed by atoms with Crippen molar-refractivity contribution < 1.29 is 9.13 Å². The van der Waals surface area contributed by atoms with Crippen molar-refractivity contribution in [1.29, 1.82) is 0 Å². The van der Waals surface area contributed by atoms with Crippen molar-refractivity contribution >= 4 is 11.6 Å². The topological polar surface area (TPSA) is 9.23 Å². The summed E-state index contributed by atoms with van der Waals surface area (Å²) in [5, 5.41) is 0.000230. The van der Waals surface area contributed by atoms with Crippen LogP contribution in [0.2, 0.25) is 0 Å². The molecule has 0 saturated carbocycles. The Morgan fingerprint density at radius 1 is 1.20 bits per heavy atom. The lowest BCUT2D eigenvalue weighted by molar-refractivity contribution is 0.217. The number of alkyl halides is 1. The molecule has 2 aromatic rings. The van der Waals surface area contributed by atoms with E-state index < -0.39 is 0 Å². The molecule has 0 spiro atoms. The quantitative estimate of drug-likeness (QED) is 0.729. The van der Waals surface area contributed by atoms with Gasteiger partial charge < -0.3 is 4.74 Å². The lowest BCUT2D eigenvalue weighted by atomic mass is 10.0. The van der Waals surface area contributed by atoms with Crippen LogP contribution in [0, 0.1) is 5.82 Å². The fraction of sp³-hybridized carbons (Fsp3) is 0.294. The van der Waals surface area contributed by atoms with Crippen molar-refractivity contribution in [2.24, 2.45) is 0 Å². The molecule has 1 nitrogen and oxygen atoms in total. The standard InChI is InChI=1S/C17H16ClFO/c18-16(12-4-2-1-3-5-12)8-7-15-11-13-10-14(19)6-9-17(13)20-15/h1-6,9-10,15-16H,7-8,11H2. The monoisotopic (exact) mass is 290 g/mol. The maximum Gasteiger partial charge on any atom is 0.123 e. The van der Waals surface area contributed by atoms with Crippen molar-refractivity contribution in [1.82, 2.24) is 0 Å². The molecule has 1 aliphatic rings. The van der Waals surface area contributed by atoms with Gasteiger partial charge in [0.2, 0.25) is 0 Å². The predicted molar refractivity (Wildman–Crippen MR) is 78.8 cm³/mol. The molecular formula is C17H16ClFO. The van der Waals surface area contributed by atoms with E-state index in [4.69, 9.17) is 16.3 Å². The first kappa shape index (κ1) is 13.4. The van der Waals surface area contributed by atoms with E-state index in [2.05, 4.69) is 0 Å². The van der Waals surface area contributed by atoms with Crippen LogP contribution in [0.15, 0.2) is 48.5 Å². The number of ether oxygens (including phenoxy) is 1. The molecule has 2 atom stereocenters. The largest absolute Gasteiger partial charge is 0.490 e. The fourth-order valence-corrected chi connectivity index (χ4v) is 2.88. The second-order valence-electron chi connectivity index (χ2n) is 5.15. The molecule has 0 bridgehead atoms. The van der Waals surface area contributed by atoms with Crippen LogP contribution in [0.1, 0.15) is 29.3 Å². The summed E-state index contributed by atoms with van der Waals surface area (Å²) < 4.78 is 19.0. The van der Waals surface area contributed by atoms with E-state index >= 15 is 0 Å². The van der Waals surface area contributed by atoms with Crippen molar-refractivity contribution in [3.63, 3.8) is 0 Å². The van der Waals surface area contributed by atoms with Crippen LogP contribution in [-0.2, 0) is 6.42 Å². The molecule has 0 amide bonds. The van der Waals surface area contributed by atoms with Gasteiger partial charge in [-0.25, -0.2) is 4.39 Å². The predicted octanol–water partition coefficient (Wildman–Crippen LogP) is 4.89. The van der Waals surface area contributed by atoms with Crippen molar-refractivity contribution in [2.45, 2.75) is 30.7 Å². The molecule has 2 aromatic carbocycles. The molecule has 0 radical (unpaired) electrons. The van der Waals surface area contributed by atoms with Crippen molar-refractivity contribution in [3.8, 4) is 5.75 Å². The van der Waals surface area contributed by atoms with E-state index in [0.29, 0.717) is 0 Å². The molecule has 3 heteroatoms. The highest BCUT2D eigenvalue weighted by atomic mass is 35.5. The van der Waals surface area contributed by atoms with Crippen molar-refractivity contribution in [2.75, 3.05) is 0 Å².